The van der Waals surface area contributed by atoms with Crippen LogP contribution in [0.1, 0.15) is 37.9 Å². The van der Waals surface area contributed by atoms with Crippen LogP contribution >= 0.6 is 0 Å². The molecule has 0 aliphatic carbocycles. The van der Waals surface area contributed by atoms with Crippen LogP contribution < -0.4 is 10.6 Å². The Morgan fingerprint density at radius 3 is 2.67 bits per heavy atom. The van der Waals surface area contributed by atoms with E-state index in [-0.39, 0.29) is 11.4 Å². The topological polar surface area (TPSA) is 79.7 Å². The van der Waals surface area contributed by atoms with E-state index in [2.05, 4.69) is 29.0 Å². The zero-order valence-corrected chi connectivity index (χ0v) is 11.4. The number of anilines is 1. The van der Waals surface area contributed by atoms with Crippen molar-refractivity contribution in [1.29, 1.82) is 0 Å². The Kier molecular flexibility index (Phi) is 2.96. The van der Waals surface area contributed by atoms with E-state index < -0.39 is 0 Å². The van der Waals surface area contributed by atoms with Gasteiger partial charge in [-0.05, 0) is 33.6 Å². The van der Waals surface area contributed by atoms with Gasteiger partial charge in [-0.2, -0.15) is 5.10 Å². The van der Waals surface area contributed by atoms with Crippen molar-refractivity contribution in [3.8, 4) is 0 Å². The van der Waals surface area contributed by atoms with E-state index in [0.29, 0.717) is 0 Å². The molecule has 0 amide bonds. The molecule has 18 heavy (non-hydrogen) atoms. The Morgan fingerprint density at radius 2 is 2.17 bits per heavy atom. The van der Waals surface area contributed by atoms with Gasteiger partial charge in [-0.15, -0.1) is 0 Å². The van der Waals surface area contributed by atoms with Crippen molar-refractivity contribution in [2.45, 2.75) is 39.2 Å². The first-order chi connectivity index (χ1) is 8.38. The minimum absolute atomic E-state index is 0.0741. The first-order valence-corrected chi connectivity index (χ1v) is 6.17. The highest BCUT2D eigenvalue weighted by Crippen LogP contribution is 2.36. The van der Waals surface area contributed by atoms with Gasteiger partial charge in [-0.3, -0.25) is 4.68 Å². The summed E-state index contributed by atoms with van der Waals surface area (Å²) < 4.78 is 1.82. The fourth-order valence-electron chi connectivity index (χ4n) is 2.81. The smallest absolute Gasteiger partial charge is 0.175 e. The van der Waals surface area contributed by atoms with E-state index in [0.717, 1.165) is 36.5 Å². The van der Waals surface area contributed by atoms with Crippen LogP contribution in [0.25, 0.3) is 0 Å². The molecule has 1 aliphatic rings. The molecule has 0 saturated carbocycles. The summed E-state index contributed by atoms with van der Waals surface area (Å²) in [4.78, 5) is 2.29. The molecule has 1 aromatic heterocycles. The van der Waals surface area contributed by atoms with Gasteiger partial charge in [0, 0.05) is 19.1 Å². The summed E-state index contributed by atoms with van der Waals surface area (Å²) in [7, 11) is 1.89. The van der Waals surface area contributed by atoms with Gasteiger partial charge in [0.05, 0.1) is 11.3 Å². The Morgan fingerprint density at radius 1 is 1.50 bits per heavy atom. The molecule has 100 valence electrons. The van der Waals surface area contributed by atoms with E-state index in [9.17, 15) is 0 Å². The van der Waals surface area contributed by atoms with Crippen molar-refractivity contribution >= 4 is 11.7 Å². The van der Waals surface area contributed by atoms with Gasteiger partial charge in [-0.25, -0.2) is 0 Å². The molecule has 2 heterocycles. The van der Waals surface area contributed by atoms with Gasteiger partial charge in [0.2, 0.25) is 0 Å². The number of aryl methyl sites for hydroxylation is 2. The molecule has 0 bridgehead atoms. The highest BCUT2D eigenvalue weighted by molar-refractivity contribution is 6.02. The number of hydrogen-bond donors (Lipinski definition) is 2. The summed E-state index contributed by atoms with van der Waals surface area (Å²) in [5, 5.41) is 16.4. The molecule has 0 aromatic carbocycles. The van der Waals surface area contributed by atoms with Gasteiger partial charge in [-0.1, -0.05) is 5.16 Å². The second-order valence-corrected chi connectivity index (χ2v) is 5.46. The Balaban J connectivity index is 2.57. The molecule has 6 heteroatoms. The number of nitrogens with zero attached hydrogens (tertiary/aromatic N) is 4. The fraction of sp³-hybridized carbons (Fsp3) is 0.667. The number of nitrogens with two attached hydrogens (primary N) is 1. The first kappa shape index (κ1) is 12.7. The van der Waals surface area contributed by atoms with Crippen LogP contribution in [0, 0.1) is 6.92 Å². The SMILES string of the molecule is Cc1nn(C)c(N2CCCC2(C)C)c1C(N)=NO. The van der Waals surface area contributed by atoms with Crippen LogP contribution in [0.5, 0.6) is 0 Å². The maximum atomic E-state index is 8.93. The van der Waals surface area contributed by atoms with Crippen molar-refractivity contribution in [1.82, 2.24) is 9.78 Å². The second kappa shape index (κ2) is 4.19. The molecular weight excluding hydrogens is 230 g/mol. The van der Waals surface area contributed by atoms with Gasteiger partial charge in [0.1, 0.15) is 5.82 Å². The molecule has 1 saturated heterocycles. The van der Waals surface area contributed by atoms with E-state index >= 15 is 0 Å². The quantitative estimate of drug-likeness (QED) is 0.358. The zero-order chi connectivity index (χ0) is 13.5. The normalized spacial score (nSPS) is 19.6. The molecule has 0 atom stereocenters. The van der Waals surface area contributed by atoms with E-state index in [1.807, 2.05) is 18.7 Å². The summed E-state index contributed by atoms with van der Waals surface area (Å²) in [5.41, 5.74) is 7.37. The lowest BCUT2D eigenvalue weighted by Crippen LogP contribution is -2.40. The molecule has 2 rings (SSSR count). The monoisotopic (exact) mass is 251 g/mol. The number of hydrogen-bond acceptors (Lipinski definition) is 4. The number of oxime groups is 1. The lowest BCUT2D eigenvalue weighted by atomic mass is 10.0. The highest BCUT2D eigenvalue weighted by Gasteiger charge is 2.36. The Hall–Kier alpha value is -1.72. The minimum Gasteiger partial charge on any atom is -0.409 e. The van der Waals surface area contributed by atoms with Crippen LogP contribution in [-0.4, -0.2) is 32.9 Å². The van der Waals surface area contributed by atoms with Crippen molar-refractivity contribution < 1.29 is 5.21 Å². The molecular formula is C12H21N5O. The summed E-state index contributed by atoms with van der Waals surface area (Å²) >= 11 is 0. The predicted molar refractivity (Wildman–Crippen MR) is 71.1 cm³/mol. The lowest BCUT2D eigenvalue weighted by Gasteiger charge is -2.34. The third kappa shape index (κ3) is 1.81. The molecule has 0 radical (unpaired) electrons. The zero-order valence-electron chi connectivity index (χ0n) is 11.4. The molecule has 1 fully saturated rings. The molecule has 3 N–H and O–H groups in total. The molecule has 0 spiro atoms. The van der Waals surface area contributed by atoms with Crippen LogP contribution in [0.3, 0.4) is 0 Å². The molecule has 0 unspecified atom stereocenters. The van der Waals surface area contributed by atoms with Crippen LogP contribution in [0.15, 0.2) is 5.16 Å². The Bertz CT molecular complexity index is 489. The first-order valence-electron chi connectivity index (χ1n) is 6.17. The predicted octanol–water partition coefficient (Wildman–Crippen LogP) is 1.20. The molecule has 6 nitrogen and oxygen atoms in total. The van der Waals surface area contributed by atoms with E-state index in [1.54, 1.807) is 0 Å². The van der Waals surface area contributed by atoms with E-state index in [4.69, 9.17) is 10.9 Å². The number of rotatable bonds is 2. The largest absolute Gasteiger partial charge is 0.409 e. The van der Waals surface area contributed by atoms with Gasteiger partial charge < -0.3 is 15.8 Å². The average molecular weight is 251 g/mol. The molecule has 1 aliphatic heterocycles. The fourth-order valence-corrected chi connectivity index (χ4v) is 2.81. The van der Waals surface area contributed by atoms with Crippen molar-refractivity contribution in [2.75, 3.05) is 11.4 Å². The maximum absolute atomic E-state index is 8.93. The van der Waals surface area contributed by atoms with Crippen LogP contribution in [-0.2, 0) is 7.05 Å². The van der Waals surface area contributed by atoms with Crippen LogP contribution in [0.4, 0.5) is 5.82 Å². The number of amidine groups is 1. The van der Waals surface area contributed by atoms with Gasteiger partial charge >= 0.3 is 0 Å². The third-order valence-corrected chi connectivity index (χ3v) is 3.71. The average Bonchev–Trinajstić information content (AvgIpc) is 2.77. The lowest BCUT2D eigenvalue weighted by molar-refractivity contribution is 0.318. The van der Waals surface area contributed by atoms with Crippen molar-refractivity contribution in [3.05, 3.63) is 11.3 Å². The minimum atomic E-state index is 0.0741. The van der Waals surface area contributed by atoms with Crippen molar-refractivity contribution in [2.24, 2.45) is 17.9 Å². The number of aromatic nitrogens is 2. The van der Waals surface area contributed by atoms with Gasteiger partial charge in [0.15, 0.2) is 5.84 Å². The Labute approximate surface area is 107 Å². The standard InChI is InChI=1S/C12H21N5O/c1-8-9(10(13)15-18)11(16(4)14-8)17-7-5-6-12(17,2)3/h18H,5-7H2,1-4H3,(H2,13,15). The summed E-state index contributed by atoms with van der Waals surface area (Å²) in [6.07, 6.45) is 2.28. The van der Waals surface area contributed by atoms with Gasteiger partial charge in [0.25, 0.3) is 0 Å². The van der Waals surface area contributed by atoms with E-state index in [1.165, 1.54) is 0 Å². The molecule has 1 aromatic rings. The maximum Gasteiger partial charge on any atom is 0.175 e. The second-order valence-electron chi connectivity index (χ2n) is 5.46. The highest BCUT2D eigenvalue weighted by atomic mass is 16.4. The third-order valence-electron chi connectivity index (χ3n) is 3.71. The van der Waals surface area contributed by atoms with Crippen LogP contribution in [0.2, 0.25) is 0 Å². The summed E-state index contributed by atoms with van der Waals surface area (Å²) in [6.45, 7) is 7.26. The summed E-state index contributed by atoms with van der Waals surface area (Å²) in [6, 6.07) is 0. The van der Waals surface area contributed by atoms with Crippen molar-refractivity contribution in [3.63, 3.8) is 0 Å². The summed E-state index contributed by atoms with van der Waals surface area (Å²) in [5.74, 6) is 1.06.